The Labute approximate surface area is 108 Å². The van der Waals surface area contributed by atoms with E-state index in [9.17, 15) is 0 Å². The molecule has 3 nitrogen and oxygen atoms in total. The molecular weight excluding hydrogens is 222 g/mol. The number of nitrogens with zero attached hydrogens (tertiary/aromatic N) is 2. The van der Waals surface area contributed by atoms with Crippen LogP contribution in [0.15, 0.2) is 42.7 Å². The van der Waals surface area contributed by atoms with Crippen molar-refractivity contribution in [3.05, 3.63) is 48.3 Å². The first-order valence-corrected chi connectivity index (χ1v) is 6.66. The zero-order chi connectivity index (χ0) is 12.4. The monoisotopic (exact) mass is 241 g/mol. The maximum atomic E-state index is 4.31. The lowest BCUT2D eigenvalue weighted by molar-refractivity contribution is 0.495. The Bertz CT molecular complexity index is 500. The summed E-state index contributed by atoms with van der Waals surface area (Å²) in [6.07, 6.45) is 6.57. The van der Waals surface area contributed by atoms with E-state index in [1.54, 1.807) is 0 Å². The van der Waals surface area contributed by atoms with Crippen LogP contribution in [0.5, 0.6) is 0 Å². The van der Waals surface area contributed by atoms with Gasteiger partial charge in [-0.1, -0.05) is 18.2 Å². The Kier molecular flexibility index (Phi) is 3.15. The molecular formula is C15H19N3. The van der Waals surface area contributed by atoms with Crippen LogP contribution < -0.4 is 5.32 Å². The average molecular weight is 241 g/mol. The fourth-order valence-corrected chi connectivity index (χ4v) is 2.33. The van der Waals surface area contributed by atoms with E-state index < -0.39 is 0 Å². The lowest BCUT2D eigenvalue weighted by atomic mass is 10.1. The summed E-state index contributed by atoms with van der Waals surface area (Å²) in [5, 5.41) is 7.93. The van der Waals surface area contributed by atoms with Gasteiger partial charge in [-0.3, -0.25) is 0 Å². The molecule has 0 aliphatic heterocycles. The summed E-state index contributed by atoms with van der Waals surface area (Å²) in [7, 11) is 0. The third-order valence-electron chi connectivity index (χ3n) is 3.69. The van der Waals surface area contributed by atoms with Gasteiger partial charge >= 0.3 is 0 Å². The molecule has 3 heteroatoms. The molecule has 1 aromatic heterocycles. The maximum Gasteiger partial charge on any atom is 0.0690 e. The van der Waals surface area contributed by atoms with Crippen molar-refractivity contribution in [3.63, 3.8) is 0 Å². The molecule has 0 saturated heterocycles. The van der Waals surface area contributed by atoms with Gasteiger partial charge in [0, 0.05) is 25.0 Å². The summed E-state index contributed by atoms with van der Waals surface area (Å²) in [6, 6.07) is 11.0. The highest BCUT2D eigenvalue weighted by atomic mass is 15.3. The molecule has 1 unspecified atom stereocenters. The topological polar surface area (TPSA) is 29.9 Å². The summed E-state index contributed by atoms with van der Waals surface area (Å²) in [5.41, 5.74) is 2.46. The van der Waals surface area contributed by atoms with Crippen molar-refractivity contribution < 1.29 is 0 Å². The zero-order valence-electron chi connectivity index (χ0n) is 10.7. The second-order valence-electron chi connectivity index (χ2n) is 5.09. The van der Waals surface area contributed by atoms with Crippen LogP contribution in [0.3, 0.4) is 0 Å². The minimum Gasteiger partial charge on any atom is -0.310 e. The number of hydrogen-bond donors (Lipinski definition) is 1. The Hall–Kier alpha value is -1.61. The van der Waals surface area contributed by atoms with Crippen LogP contribution in [-0.2, 0) is 6.54 Å². The Morgan fingerprint density at radius 1 is 1.33 bits per heavy atom. The average Bonchev–Trinajstić information content (AvgIpc) is 3.12. The Balaban J connectivity index is 1.74. The van der Waals surface area contributed by atoms with E-state index in [1.807, 2.05) is 23.1 Å². The van der Waals surface area contributed by atoms with Crippen LogP contribution in [-0.4, -0.2) is 15.8 Å². The molecule has 0 bridgehead atoms. The summed E-state index contributed by atoms with van der Waals surface area (Å²) in [6.45, 7) is 3.20. The normalized spacial score (nSPS) is 16.7. The SMILES string of the molecule is CC(NCc1ccccc1-n1cccn1)C1CC1. The summed E-state index contributed by atoms with van der Waals surface area (Å²) in [5.74, 6) is 0.891. The van der Waals surface area contributed by atoms with Gasteiger partial charge in [0.25, 0.3) is 0 Å². The van der Waals surface area contributed by atoms with Crippen molar-refractivity contribution in [2.45, 2.75) is 32.4 Å². The van der Waals surface area contributed by atoms with Gasteiger partial charge in [-0.2, -0.15) is 5.10 Å². The highest BCUT2D eigenvalue weighted by Gasteiger charge is 2.27. The van der Waals surface area contributed by atoms with E-state index in [0.29, 0.717) is 6.04 Å². The lowest BCUT2D eigenvalue weighted by Crippen LogP contribution is -2.27. The number of benzene rings is 1. The molecule has 1 heterocycles. The summed E-state index contributed by atoms with van der Waals surface area (Å²) >= 11 is 0. The van der Waals surface area contributed by atoms with Gasteiger partial charge in [0.2, 0.25) is 0 Å². The Morgan fingerprint density at radius 3 is 2.89 bits per heavy atom. The molecule has 94 valence electrons. The van der Waals surface area contributed by atoms with E-state index in [0.717, 1.165) is 18.2 Å². The number of hydrogen-bond acceptors (Lipinski definition) is 2. The molecule has 1 fully saturated rings. The van der Waals surface area contributed by atoms with Crippen molar-refractivity contribution in [1.82, 2.24) is 15.1 Å². The first-order chi connectivity index (χ1) is 8.84. The second kappa shape index (κ2) is 4.94. The minimum atomic E-state index is 0.621. The smallest absolute Gasteiger partial charge is 0.0690 e. The summed E-state index contributed by atoms with van der Waals surface area (Å²) < 4.78 is 1.93. The van der Waals surface area contributed by atoms with Gasteiger partial charge in [-0.25, -0.2) is 4.68 Å². The fourth-order valence-electron chi connectivity index (χ4n) is 2.33. The van der Waals surface area contributed by atoms with E-state index in [4.69, 9.17) is 0 Å². The fraction of sp³-hybridized carbons (Fsp3) is 0.400. The molecule has 0 radical (unpaired) electrons. The van der Waals surface area contributed by atoms with Gasteiger partial charge in [-0.15, -0.1) is 0 Å². The molecule has 1 N–H and O–H groups in total. The predicted octanol–water partition coefficient (Wildman–Crippen LogP) is 2.76. The molecule has 0 amide bonds. The lowest BCUT2D eigenvalue weighted by Gasteiger charge is -2.15. The van der Waals surface area contributed by atoms with E-state index in [1.165, 1.54) is 18.4 Å². The standard InChI is InChI=1S/C15H19N3/c1-12(13-7-8-13)16-11-14-5-2-3-6-15(14)18-10-4-9-17-18/h2-6,9-10,12-13,16H,7-8,11H2,1H3. The Morgan fingerprint density at radius 2 is 2.17 bits per heavy atom. The minimum absolute atomic E-state index is 0.621. The number of rotatable bonds is 5. The van der Waals surface area contributed by atoms with Crippen LogP contribution >= 0.6 is 0 Å². The first kappa shape index (κ1) is 11.5. The zero-order valence-corrected chi connectivity index (χ0v) is 10.7. The molecule has 1 aromatic carbocycles. The van der Waals surface area contributed by atoms with E-state index >= 15 is 0 Å². The van der Waals surface area contributed by atoms with E-state index in [-0.39, 0.29) is 0 Å². The second-order valence-corrected chi connectivity index (χ2v) is 5.09. The van der Waals surface area contributed by atoms with Crippen molar-refractivity contribution in [2.24, 2.45) is 5.92 Å². The molecule has 1 aliphatic carbocycles. The third kappa shape index (κ3) is 2.46. The van der Waals surface area contributed by atoms with Crippen molar-refractivity contribution in [2.75, 3.05) is 0 Å². The van der Waals surface area contributed by atoms with Crippen LogP contribution in [0, 0.1) is 5.92 Å². The quantitative estimate of drug-likeness (QED) is 0.872. The number of nitrogens with one attached hydrogen (secondary N) is 1. The van der Waals surface area contributed by atoms with Gasteiger partial charge < -0.3 is 5.32 Å². The van der Waals surface area contributed by atoms with Gasteiger partial charge in [0.05, 0.1) is 5.69 Å². The number of aromatic nitrogens is 2. The number of para-hydroxylation sites is 1. The molecule has 1 atom stereocenters. The molecule has 1 aliphatic rings. The molecule has 0 spiro atoms. The van der Waals surface area contributed by atoms with Crippen LogP contribution in [0.1, 0.15) is 25.3 Å². The first-order valence-electron chi connectivity index (χ1n) is 6.66. The highest BCUT2D eigenvalue weighted by Crippen LogP contribution is 2.32. The molecule has 2 aromatic rings. The summed E-state index contributed by atoms with van der Waals surface area (Å²) in [4.78, 5) is 0. The van der Waals surface area contributed by atoms with E-state index in [2.05, 4.69) is 41.6 Å². The molecule has 18 heavy (non-hydrogen) atoms. The molecule has 3 rings (SSSR count). The van der Waals surface area contributed by atoms with Crippen LogP contribution in [0.2, 0.25) is 0 Å². The van der Waals surface area contributed by atoms with Gasteiger partial charge in [0.1, 0.15) is 0 Å². The third-order valence-corrected chi connectivity index (χ3v) is 3.69. The van der Waals surface area contributed by atoms with Crippen molar-refractivity contribution >= 4 is 0 Å². The van der Waals surface area contributed by atoms with Gasteiger partial charge in [-0.05, 0) is 43.4 Å². The highest BCUT2D eigenvalue weighted by molar-refractivity contribution is 5.40. The predicted molar refractivity (Wildman–Crippen MR) is 72.6 cm³/mol. The van der Waals surface area contributed by atoms with Crippen molar-refractivity contribution in [3.8, 4) is 5.69 Å². The van der Waals surface area contributed by atoms with Gasteiger partial charge in [0.15, 0.2) is 0 Å². The van der Waals surface area contributed by atoms with Crippen molar-refractivity contribution in [1.29, 1.82) is 0 Å². The largest absolute Gasteiger partial charge is 0.310 e. The molecule has 1 saturated carbocycles. The van der Waals surface area contributed by atoms with Crippen LogP contribution in [0.25, 0.3) is 5.69 Å². The van der Waals surface area contributed by atoms with Crippen LogP contribution in [0.4, 0.5) is 0 Å². The maximum absolute atomic E-state index is 4.31.